The first-order valence-corrected chi connectivity index (χ1v) is 7.84. The van der Waals surface area contributed by atoms with Crippen LogP contribution in [0.1, 0.15) is 25.7 Å². The van der Waals surface area contributed by atoms with Crippen molar-refractivity contribution in [2.75, 3.05) is 39.3 Å². The van der Waals surface area contributed by atoms with Crippen LogP contribution in [-0.4, -0.2) is 67.3 Å². The number of rotatable bonds is 8. The van der Waals surface area contributed by atoms with Crippen LogP contribution in [0.5, 0.6) is 0 Å². The molecule has 7 heteroatoms. The first-order chi connectivity index (χ1) is 10.1. The maximum absolute atomic E-state index is 11.8. The van der Waals surface area contributed by atoms with Crippen LogP contribution in [0.15, 0.2) is 0 Å². The fraction of sp³-hybridized carbons (Fsp3) is 0.857. The number of hydrogen-bond donors (Lipinski definition) is 4. The second-order valence-electron chi connectivity index (χ2n) is 5.89. The Morgan fingerprint density at radius 2 is 2.00 bits per heavy atom. The number of carboxylic acid groups (broad SMARTS) is 1. The Bertz CT molecular complexity index is 354. The van der Waals surface area contributed by atoms with Crippen molar-refractivity contribution in [3.63, 3.8) is 0 Å². The summed E-state index contributed by atoms with van der Waals surface area (Å²) in [6, 6.07) is -0.468. The van der Waals surface area contributed by atoms with E-state index in [2.05, 4.69) is 20.9 Å². The van der Waals surface area contributed by atoms with Gasteiger partial charge < -0.3 is 26.0 Å². The summed E-state index contributed by atoms with van der Waals surface area (Å²) in [4.78, 5) is 24.9. The van der Waals surface area contributed by atoms with Crippen LogP contribution >= 0.6 is 0 Å². The van der Waals surface area contributed by atoms with Gasteiger partial charge in [-0.3, -0.25) is 4.79 Å². The van der Waals surface area contributed by atoms with Crippen molar-refractivity contribution < 1.29 is 14.7 Å². The van der Waals surface area contributed by atoms with Crippen molar-refractivity contribution in [1.82, 2.24) is 20.9 Å². The quantitative estimate of drug-likeness (QED) is 0.467. The van der Waals surface area contributed by atoms with Crippen LogP contribution in [0, 0.1) is 5.92 Å². The molecule has 0 aromatic carbocycles. The Kier molecular flexibility index (Phi) is 6.25. The summed E-state index contributed by atoms with van der Waals surface area (Å²) >= 11 is 0. The highest BCUT2D eigenvalue weighted by molar-refractivity contribution is 5.75. The first kappa shape index (κ1) is 16.0. The fourth-order valence-corrected chi connectivity index (χ4v) is 2.68. The Morgan fingerprint density at radius 1 is 1.29 bits per heavy atom. The normalized spacial score (nSPS) is 20.8. The molecule has 1 heterocycles. The summed E-state index contributed by atoms with van der Waals surface area (Å²) in [5.41, 5.74) is 0. The molecule has 0 aromatic rings. The minimum atomic E-state index is -0.856. The minimum Gasteiger partial charge on any atom is -0.481 e. The third-order valence-corrected chi connectivity index (χ3v) is 4.05. The molecule has 1 aliphatic heterocycles. The lowest BCUT2D eigenvalue weighted by molar-refractivity contribution is -0.137. The fourth-order valence-electron chi connectivity index (χ4n) is 2.68. The van der Waals surface area contributed by atoms with E-state index in [1.807, 2.05) is 0 Å². The Labute approximate surface area is 125 Å². The summed E-state index contributed by atoms with van der Waals surface area (Å²) < 4.78 is 0. The molecular weight excluding hydrogens is 272 g/mol. The molecule has 1 aliphatic carbocycles. The lowest BCUT2D eigenvalue weighted by atomic mass is 10.1. The van der Waals surface area contributed by atoms with E-state index < -0.39 is 5.97 Å². The molecule has 2 fully saturated rings. The number of urea groups is 1. The molecule has 0 spiro atoms. The predicted octanol–water partition coefficient (Wildman–Crippen LogP) is -0.166. The van der Waals surface area contributed by atoms with Crippen molar-refractivity contribution >= 4 is 12.0 Å². The lowest BCUT2D eigenvalue weighted by Gasteiger charge is -2.27. The number of amides is 2. The lowest BCUT2D eigenvalue weighted by Crippen LogP contribution is -2.46. The summed E-state index contributed by atoms with van der Waals surface area (Å²) in [6.45, 7) is 5.81. The number of hydrogen-bond acceptors (Lipinski definition) is 4. The standard InChI is InChI=1S/C14H26N4O3/c19-13(20)10-12(11-2-3-11)17-14(21)16-4-1-7-18-8-5-15-6-9-18/h11-12,15H,1-10H2,(H,19,20)(H2,16,17,21). The van der Waals surface area contributed by atoms with Crippen LogP contribution in [0.25, 0.3) is 0 Å². The highest BCUT2D eigenvalue weighted by Crippen LogP contribution is 2.33. The van der Waals surface area contributed by atoms with Gasteiger partial charge in [-0.25, -0.2) is 4.79 Å². The van der Waals surface area contributed by atoms with E-state index in [0.717, 1.165) is 52.0 Å². The van der Waals surface area contributed by atoms with Crippen molar-refractivity contribution in [2.24, 2.45) is 5.92 Å². The summed E-state index contributed by atoms with van der Waals surface area (Å²) in [5, 5.41) is 17.8. The third-order valence-electron chi connectivity index (χ3n) is 4.05. The summed E-state index contributed by atoms with van der Waals surface area (Å²) in [5.74, 6) is -0.515. The molecular formula is C14H26N4O3. The Morgan fingerprint density at radius 3 is 2.62 bits per heavy atom. The molecule has 1 unspecified atom stereocenters. The van der Waals surface area contributed by atoms with Gasteiger partial charge in [0.2, 0.25) is 0 Å². The number of aliphatic carboxylic acids is 1. The molecule has 2 amide bonds. The number of carboxylic acids is 1. The number of nitrogens with one attached hydrogen (secondary N) is 3. The number of carbonyl (C=O) groups is 2. The van der Waals surface area contributed by atoms with Gasteiger partial charge in [0, 0.05) is 38.8 Å². The van der Waals surface area contributed by atoms with Gasteiger partial charge in [0.05, 0.1) is 6.42 Å². The van der Waals surface area contributed by atoms with Crippen LogP contribution in [0.4, 0.5) is 4.79 Å². The van der Waals surface area contributed by atoms with Gasteiger partial charge in [-0.1, -0.05) is 0 Å². The molecule has 2 rings (SSSR count). The minimum absolute atomic E-state index is 0.0128. The van der Waals surface area contributed by atoms with E-state index in [9.17, 15) is 9.59 Å². The van der Waals surface area contributed by atoms with E-state index in [-0.39, 0.29) is 18.5 Å². The number of piperazine rings is 1. The van der Waals surface area contributed by atoms with E-state index >= 15 is 0 Å². The molecule has 2 aliphatic rings. The zero-order valence-electron chi connectivity index (χ0n) is 12.4. The van der Waals surface area contributed by atoms with Crippen LogP contribution in [0.3, 0.4) is 0 Å². The van der Waals surface area contributed by atoms with Crippen molar-refractivity contribution in [1.29, 1.82) is 0 Å². The van der Waals surface area contributed by atoms with E-state index in [4.69, 9.17) is 5.11 Å². The van der Waals surface area contributed by atoms with E-state index in [0.29, 0.717) is 12.5 Å². The molecule has 4 N–H and O–H groups in total. The number of nitrogens with zero attached hydrogens (tertiary/aromatic N) is 1. The van der Waals surface area contributed by atoms with Crippen LogP contribution < -0.4 is 16.0 Å². The van der Waals surface area contributed by atoms with Gasteiger partial charge in [0.15, 0.2) is 0 Å². The molecule has 120 valence electrons. The molecule has 0 bridgehead atoms. The molecule has 1 saturated carbocycles. The zero-order valence-corrected chi connectivity index (χ0v) is 12.4. The first-order valence-electron chi connectivity index (χ1n) is 7.84. The molecule has 1 saturated heterocycles. The van der Waals surface area contributed by atoms with E-state index in [1.54, 1.807) is 0 Å². The van der Waals surface area contributed by atoms with Crippen molar-refractivity contribution in [3.8, 4) is 0 Å². The molecule has 1 atom stereocenters. The van der Waals surface area contributed by atoms with Gasteiger partial charge in [-0.05, 0) is 31.7 Å². The zero-order chi connectivity index (χ0) is 15.1. The average Bonchev–Trinajstić information content (AvgIpc) is 3.28. The summed E-state index contributed by atoms with van der Waals surface area (Å²) in [6.07, 6.45) is 2.96. The highest BCUT2D eigenvalue weighted by Gasteiger charge is 2.33. The van der Waals surface area contributed by atoms with E-state index in [1.165, 1.54) is 0 Å². The molecule has 21 heavy (non-hydrogen) atoms. The van der Waals surface area contributed by atoms with Crippen LogP contribution in [0.2, 0.25) is 0 Å². The van der Waals surface area contributed by atoms with Gasteiger partial charge in [0.25, 0.3) is 0 Å². The maximum atomic E-state index is 11.8. The van der Waals surface area contributed by atoms with Gasteiger partial charge in [0.1, 0.15) is 0 Å². The molecule has 7 nitrogen and oxygen atoms in total. The van der Waals surface area contributed by atoms with Gasteiger partial charge >= 0.3 is 12.0 Å². The SMILES string of the molecule is O=C(O)CC(NC(=O)NCCCN1CCNCC1)C1CC1. The second kappa shape index (κ2) is 8.19. The topological polar surface area (TPSA) is 93.7 Å². The molecule has 0 radical (unpaired) electrons. The predicted molar refractivity (Wildman–Crippen MR) is 79.2 cm³/mol. The van der Waals surface area contributed by atoms with Gasteiger partial charge in [-0.15, -0.1) is 0 Å². The highest BCUT2D eigenvalue weighted by atomic mass is 16.4. The average molecular weight is 298 g/mol. The molecule has 0 aromatic heterocycles. The summed E-state index contributed by atoms with van der Waals surface area (Å²) in [7, 11) is 0. The van der Waals surface area contributed by atoms with Crippen molar-refractivity contribution in [2.45, 2.75) is 31.7 Å². The largest absolute Gasteiger partial charge is 0.481 e. The number of carbonyl (C=O) groups excluding carboxylic acids is 1. The van der Waals surface area contributed by atoms with Gasteiger partial charge in [-0.2, -0.15) is 0 Å². The van der Waals surface area contributed by atoms with Crippen LogP contribution in [-0.2, 0) is 4.79 Å². The second-order valence-corrected chi connectivity index (χ2v) is 5.89. The maximum Gasteiger partial charge on any atom is 0.315 e. The third kappa shape index (κ3) is 6.31. The monoisotopic (exact) mass is 298 g/mol. The Balaban J connectivity index is 1.56. The van der Waals surface area contributed by atoms with Crippen molar-refractivity contribution in [3.05, 3.63) is 0 Å². The smallest absolute Gasteiger partial charge is 0.315 e. The Hall–Kier alpha value is -1.34.